The van der Waals surface area contributed by atoms with E-state index in [1.165, 1.54) is 0 Å². The standard InChI is InChI=1S/2C4H10O2.Cu/c2*1-4(3-5)6-2;/h2*4-5H,3H2,1-2H3;. The molecule has 0 aromatic carbocycles. The zero-order valence-electron chi connectivity index (χ0n) is 8.58. The molecule has 2 N–H and O–H groups in total. The monoisotopic (exact) mass is 243 g/mol. The average molecular weight is 244 g/mol. The normalized spacial score (nSPS) is 13.4. The van der Waals surface area contributed by atoms with E-state index in [9.17, 15) is 0 Å². The molecule has 0 saturated heterocycles. The van der Waals surface area contributed by atoms with Gasteiger partial charge in [-0.25, -0.2) is 0 Å². The Morgan fingerprint density at radius 3 is 1.15 bits per heavy atom. The first-order valence-corrected chi connectivity index (χ1v) is 3.89. The summed E-state index contributed by atoms with van der Waals surface area (Å²) >= 11 is 0. The van der Waals surface area contributed by atoms with Gasteiger partial charge in [-0.15, -0.1) is 0 Å². The number of methoxy groups -OCH3 is 2. The van der Waals surface area contributed by atoms with Gasteiger partial charge in [0.15, 0.2) is 0 Å². The minimum absolute atomic E-state index is 0. The van der Waals surface area contributed by atoms with Crippen LogP contribution < -0.4 is 0 Å². The summed E-state index contributed by atoms with van der Waals surface area (Å²) in [6.45, 7) is 3.83. The average Bonchev–Trinajstić information content (AvgIpc) is 2.16. The molecule has 0 heterocycles. The van der Waals surface area contributed by atoms with Crippen molar-refractivity contribution in [1.82, 2.24) is 0 Å². The first-order valence-electron chi connectivity index (χ1n) is 3.89. The number of ether oxygens (including phenoxy) is 2. The fourth-order valence-electron chi connectivity index (χ4n) is 0.149. The van der Waals surface area contributed by atoms with Gasteiger partial charge in [0.1, 0.15) is 0 Å². The largest absolute Gasteiger partial charge is 0.394 e. The van der Waals surface area contributed by atoms with Gasteiger partial charge in [-0.3, -0.25) is 0 Å². The second kappa shape index (κ2) is 14.9. The fraction of sp³-hybridized carbons (Fsp3) is 1.00. The first kappa shape index (κ1) is 19.0. The van der Waals surface area contributed by atoms with E-state index >= 15 is 0 Å². The second-order valence-electron chi connectivity index (χ2n) is 2.46. The molecule has 0 bridgehead atoms. The molecule has 0 spiro atoms. The first-order chi connectivity index (χ1) is 5.62. The zero-order valence-corrected chi connectivity index (χ0v) is 9.52. The van der Waals surface area contributed by atoms with Crippen molar-refractivity contribution in [2.75, 3.05) is 27.4 Å². The smallest absolute Gasteiger partial charge is 0.0773 e. The molecule has 1 radical (unpaired) electrons. The molecular formula is C8H20CuO4. The molecule has 87 valence electrons. The van der Waals surface area contributed by atoms with Gasteiger partial charge in [0.05, 0.1) is 25.4 Å². The summed E-state index contributed by atoms with van der Waals surface area (Å²) < 4.78 is 9.30. The maximum absolute atomic E-state index is 8.21. The van der Waals surface area contributed by atoms with Crippen LogP contribution in [0.25, 0.3) is 0 Å². The molecule has 2 atom stereocenters. The van der Waals surface area contributed by atoms with Crippen LogP contribution in [0.2, 0.25) is 0 Å². The van der Waals surface area contributed by atoms with Crippen molar-refractivity contribution in [3.8, 4) is 0 Å². The van der Waals surface area contributed by atoms with Crippen LogP contribution in [0.1, 0.15) is 13.8 Å². The van der Waals surface area contributed by atoms with Crippen LogP contribution in [-0.4, -0.2) is 49.9 Å². The Balaban J connectivity index is -0.000000143. The van der Waals surface area contributed by atoms with Crippen LogP contribution in [0.5, 0.6) is 0 Å². The Labute approximate surface area is 90.7 Å². The quantitative estimate of drug-likeness (QED) is 0.684. The van der Waals surface area contributed by atoms with Crippen LogP contribution in [-0.2, 0) is 26.5 Å². The topological polar surface area (TPSA) is 58.9 Å². The summed E-state index contributed by atoms with van der Waals surface area (Å²) in [5.41, 5.74) is 0. The van der Waals surface area contributed by atoms with Crippen molar-refractivity contribution >= 4 is 0 Å². The number of aliphatic hydroxyl groups is 2. The molecule has 0 aliphatic carbocycles. The van der Waals surface area contributed by atoms with Crippen molar-refractivity contribution in [3.63, 3.8) is 0 Å². The molecular weight excluding hydrogens is 224 g/mol. The van der Waals surface area contributed by atoms with Gasteiger partial charge in [-0.1, -0.05) is 0 Å². The summed E-state index contributed by atoms with van der Waals surface area (Å²) in [5, 5.41) is 16.4. The van der Waals surface area contributed by atoms with Crippen LogP contribution >= 0.6 is 0 Å². The Hall–Kier alpha value is 0.359. The van der Waals surface area contributed by atoms with E-state index < -0.39 is 0 Å². The van der Waals surface area contributed by atoms with Crippen LogP contribution in [0.15, 0.2) is 0 Å². The van der Waals surface area contributed by atoms with Crippen LogP contribution in [0.4, 0.5) is 0 Å². The fourth-order valence-corrected chi connectivity index (χ4v) is 0.149. The second-order valence-corrected chi connectivity index (χ2v) is 2.46. The van der Waals surface area contributed by atoms with E-state index in [0.717, 1.165) is 0 Å². The minimum Gasteiger partial charge on any atom is -0.394 e. The van der Waals surface area contributed by atoms with E-state index in [1.54, 1.807) is 28.1 Å². The molecule has 4 nitrogen and oxygen atoms in total. The maximum atomic E-state index is 8.21. The predicted molar refractivity (Wildman–Crippen MR) is 47.1 cm³/mol. The number of hydrogen-bond donors (Lipinski definition) is 2. The Kier molecular flexibility index (Phi) is 21.7. The summed E-state index contributed by atoms with van der Waals surface area (Å²) in [6.07, 6.45) is -0.0185. The minimum atomic E-state index is -0.00926. The van der Waals surface area contributed by atoms with E-state index in [2.05, 4.69) is 9.47 Å². The molecule has 0 aromatic heterocycles. The summed E-state index contributed by atoms with van der Waals surface area (Å²) in [7, 11) is 3.14. The third-order valence-electron chi connectivity index (χ3n) is 1.32. The van der Waals surface area contributed by atoms with Gasteiger partial charge in [0.25, 0.3) is 0 Å². The molecule has 0 aliphatic rings. The van der Waals surface area contributed by atoms with Gasteiger partial charge >= 0.3 is 0 Å². The maximum Gasteiger partial charge on any atom is 0.0773 e. The van der Waals surface area contributed by atoms with Gasteiger partial charge in [0.2, 0.25) is 0 Å². The van der Waals surface area contributed by atoms with Crippen molar-refractivity contribution in [2.24, 2.45) is 0 Å². The molecule has 0 rings (SSSR count). The van der Waals surface area contributed by atoms with Gasteiger partial charge in [-0.05, 0) is 13.8 Å². The van der Waals surface area contributed by atoms with Crippen LogP contribution in [0, 0.1) is 0 Å². The number of aliphatic hydroxyl groups excluding tert-OH is 2. The van der Waals surface area contributed by atoms with E-state index in [4.69, 9.17) is 10.2 Å². The van der Waals surface area contributed by atoms with Gasteiger partial charge in [-0.2, -0.15) is 0 Å². The molecule has 5 heteroatoms. The van der Waals surface area contributed by atoms with Gasteiger partial charge < -0.3 is 19.7 Å². The van der Waals surface area contributed by atoms with Crippen LogP contribution in [0.3, 0.4) is 0 Å². The summed E-state index contributed by atoms with van der Waals surface area (Å²) in [4.78, 5) is 0. The van der Waals surface area contributed by atoms with E-state index in [1.807, 2.05) is 0 Å². The van der Waals surface area contributed by atoms with Gasteiger partial charge in [0, 0.05) is 31.3 Å². The van der Waals surface area contributed by atoms with Crippen molar-refractivity contribution in [1.29, 1.82) is 0 Å². The Morgan fingerprint density at radius 2 is 1.15 bits per heavy atom. The van der Waals surface area contributed by atoms with Crippen molar-refractivity contribution < 1.29 is 36.8 Å². The van der Waals surface area contributed by atoms with Crippen molar-refractivity contribution in [2.45, 2.75) is 26.1 Å². The molecule has 0 amide bonds. The van der Waals surface area contributed by atoms with E-state index in [-0.39, 0.29) is 42.5 Å². The molecule has 0 aliphatic heterocycles. The van der Waals surface area contributed by atoms with E-state index in [0.29, 0.717) is 0 Å². The predicted octanol–water partition coefficient (Wildman–Crippen LogP) is 0.0247. The molecule has 2 unspecified atom stereocenters. The number of hydrogen-bond acceptors (Lipinski definition) is 4. The molecule has 0 aromatic rings. The molecule has 13 heavy (non-hydrogen) atoms. The SMILES string of the molecule is COC(C)CO.COC(C)CO.[Cu]. The summed E-state index contributed by atoms with van der Waals surface area (Å²) in [5.74, 6) is 0. The van der Waals surface area contributed by atoms with Crippen molar-refractivity contribution in [3.05, 3.63) is 0 Å². The third kappa shape index (κ3) is 19.0. The molecule has 0 fully saturated rings. The summed E-state index contributed by atoms with van der Waals surface area (Å²) in [6, 6.07) is 0. The number of rotatable bonds is 4. The third-order valence-corrected chi connectivity index (χ3v) is 1.32. The molecule has 0 saturated carbocycles. The Bertz CT molecular complexity index is 64.5. The zero-order chi connectivity index (χ0) is 9.98. The Morgan fingerprint density at radius 1 is 0.923 bits per heavy atom.